The molecule has 7 heteroatoms. The molecule has 0 saturated carbocycles. The summed E-state index contributed by atoms with van der Waals surface area (Å²) >= 11 is 9.00. The molecule has 0 spiro atoms. The molecular weight excluding hydrogens is 388 g/mol. The van der Waals surface area contributed by atoms with Crippen LogP contribution in [0, 0.1) is 0 Å². The molecule has 26 heavy (non-hydrogen) atoms. The molecule has 0 bridgehead atoms. The number of thioether (sulfide) groups is 1. The maximum absolute atomic E-state index is 12.9. The van der Waals surface area contributed by atoms with Gasteiger partial charge in [-0.25, -0.2) is 4.98 Å². The van der Waals surface area contributed by atoms with Crippen molar-refractivity contribution < 1.29 is 4.79 Å². The van der Waals surface area contributed by atoms with E-state index in [1.54, 1.807) is 47.2 Å². The van der Waals surface area contributed by atoms with Gasteiger partial charge in [0.25, 0.3) is 5.56 Å². The number of carbonyl (C=O) groups is 1. The van der Waals surface area contributed by atoms with Crippen molar-refractivity contribution >= 4 is 50.7 Å². The largest absolute Gasteiger partial charge is 0.293 e. The summed E-state index contributed by atoms with van der Waals surface area (Å²) in [6.45, 7) is 0. The van der Waals surface area contributed by atoms with Gasteiger partial charge >= 0.3 is 0 Å². The minimum Gasteiger partial charge on any atom is -0.293 e. The number of benzene rings is 1. The Kier molecular flexibility index (Phi) is 4.90. The van der Waals surface area contributed by atoms with Crippen molar-refractivity contribution in [2.75, 3.05) is 5.75 Å². The summed E-state index contributed by atoms with van der Waals surface area (Å²) in [6.07, 6.45) is 4.30. The normalized spacial score (nSPS) is 13.8. The number of hydrogen-bond donors (Lipinski definition) is 0. The zero-order chi connectivity index (χ0) is 18.3. The molecule has 1 aromatic carbocycles. The SMILES string of the molecule is Cn1c(SCC(=O)c2ccccc2Cl)nc2sc3c(c2c1=O)CCCC3. The highest BCUT2D eigenvalue weighted by Crippen LogP contribution is 2.34. The molecule has 2 heterocycles. The predicted octanol–water partition coefficient (Wildman–Crippen LogP) is 4.50. The Morgan fingerprint density at radius 2 is 2.08 bits per heavy atom. The van der Waals surface area contributed by atoms with E-state index in [1.807, 2.05) is 0 Å². The van der Waals surface area contributed by atoms with E-state index in [1.165, 1.54) is 28.6 Å². The van der Waals surface area contributed by atoms with E-state index in [0.29, 0.717) is 15.7 Å². The zero-order valence-electron chi connectivity index (χ0n) is 14.3. The third-order valence-electron chi connectivity index (χ3n) is 4.66. The first kappa shape index (κ1) is 17.8. The van der Waals surface area contributed by atoms with Crippen LogP contribution in [0.25, 0.3) is 10.2 Å². The quantitative estimate of drug-likeness (QED) is 0.365. The molecule has 0 fully saturated rings. The second-order valence-electron chi connectivity index (χ2n) is 6.34. The van der Waals surface area contributed by atoms with Gasteiger partial charge in [0.05, 0.1) is 16.2 Å². The van der Waals surface area contributed by atoms with Gasteiger partial charge in [-0.05, 0) is 43.4 Å². The third kappa shape index (κ3) is 3.10. The van der Waals surface area contributed by atoms with Crippen molar-refractivity contribution in [3.05, 3.63) is 55.6 Å². The topological polar surface area (TPSA) is 52.0 Å². The van der Waals surface area contributed by atoms with E-state index in [9.17, 15) is 9.59 Å². The fourth-order valence-corrected chi connectivity index (χ4v) is 5.69. The number of nitrogens with zero attached hydrogens (tertiary/aromatic N) is 2. The highest BCUT2D eigenvalue weighted by Gasteiger charge is 2.21. The highest BCUT2D eigenvalue weighted by molar-refractivity contribution is 7.99. The van der Waals surface area contributed by atoms with E-state index < -0.39 is 0 Å². The van der Waals surface area contributed by atoms with Crippen LogP contribution in [0.2, 0.25) is 5.02 Å². The summed E-state index contributed by atoms with van der Waals surface area (Å²) in [5.74, 6) is 0.126. The number of aromatic nitrogens is 2. The summed E-state index contributed by atoms with van der Waals surface area (Å²) in [4.78, 5) is 32.1. The van der Waals surface area contributed by atoms with Crippen LogP contribution in [0.4, 0.5) is 0 Å². The summed E-state index contributed by atoms with van der Waals surface area (Å²) < 4.78 is 1.56. The molecule has 0 amide bonds. The van der Waals surface area contributed by atoms with Gasteiger partial charge in [0, 0.05) is 17.5 Å². The van der Waals surface area contributed by atoms with Crippen molar-refractivity contribution in [2.45, 2.75) is 30.8 Å². The summed E-state index contributed by atoms with van der Waals surface area (Å²) in [5, 5.41) is 1.79. The molecule has 0 radical (unpaired) electrons. The van der Waals surface area contributed by atoms with Crippen LogP contribution in [0.1, 0.15) is 33.6 Å². The monoisotopic (exact) mass is 404 g/mol. The molecule has 4 rings (SSSR count). The van der Waals surface area contributed by atoms with Crippen molar-refractivity contribution in [1.29, 1.82) is 0 Å². The molecule has 134 valence electrons. The number of rotatable bonds is 4. The van der Waals surface area contributed by atoms with Crippen LogP contribution in [0.15, 0.2) is 34.2 Å². The molecule has 1 aliphatic carbocycles. The zero-order valence-corrected chi connectivity index (χ0v) is 16.6. The molecule has 0 atom stereocenters. The minimum atomic E-state index is -0.0691. The molecule has 2 aromatic heterocycles. The standard InChI is InChI=1S/C19H17ClN2O2S2/c1-22-18(24)16-12-7-3-5-9-15(12)26-17(16)21-19(22)25-10-14(23)11-6-2-4-8-13(11)20/h2,4,6,8H,3,5,7,9-10H2,1H3. The van der Waals surface area contributed by atoms with Crippen molar-refractivity contribution in [3.8, 4) is 0 Å². The van der Waals surface area contributed by atoms with Crippen LogP contribution < -0.4 is 5.56 Å². The maximum atomic E-state index is 12.9. The lowest BCUT2D eigenvalue weighted by molar-refractivity contribution is 0.102. The van der Waals surface area contributed by atoms with Crippen LogP contribution in [0.5, 0.6) is 0 Å². The number of carbonyl (C=O) groups excluding carboxylic acids is 1. The molecule has 0 N–H and O–H groups in total. The molecule has 4 nitrogen and oxygen atoms in total. The number of fused-ring (bicyclic) bond motifs is 3. The van der Waals surface area contributed by atoms with Crippen LogP contribution in [-0.2, 0) is 19.9 Å². The van der Waals surface area contributed by atoms with Gasteiger partial charge in [0.2, 0.25) is 0 Å². The lowest BCUT2D eigenvalue weighted by atomic mass is 9.97. The van der Waals surface area contributed by atoms with Crippen molar-refractivity contribution in [3.63, 3.8) is 0 Å². The van der Waals surface area contributed by atoms with Crippen LogP contribution >= 0.6 is 34.7 Å². The van der Waals surface area contributed by atoms with Crippen LogP contribution in [0.3, 0.4) is 0 Å². The second kappa shape index (κ2) is 7.18. The van der Waals surface area contributed by atoms with Gasteiger partial charge in [-0.3, -0.25) is 14.2 Å². The van der Waals surface area contributed by atoms with E-state index >= 15 is 0 Å². The van der Waals surface area contributed by atoms with E-state index in [2.05, 4.69) is 4.98 Å². The first-order chi connectivity index (χ1) is 12.6. The van der Waals surface area contributed by atoms with Gasteiger partial charge in [-0.15, -0.1) is 11.3 Å². The molecular formula is C19H17ClN2O2S2. The fourth-order valence-electron chi connectivity index (χ4n) is 3.29. The second-order valence-corrected chi connectivity index (χ2v) is 8.77. The van der Waals surface area contributed by atoms with Gasteiger partial charge < -0.3 is 0 Å². The Balaban J connectivity index is 1.65. The van der Waals surface area contributed by atoms with E-state index in [4.69, 9.17) is 11.6 Å². The van der Waals surface area contributed by atoms with Crippen molar-refractivity contribution in [1.82, 2.24) is 9.55 Å². The number of ketones is 1. The number of thiophene rings is 1. The molecule has 0 aliphatic heterocycles. The summed E-state index contributed by atoms with van der Waals surface area (Å²) in [7, 11) is 1.73. The lowest BCUT2D eigenvalue weighted by Crippen LogP contribution is -2.21. The maximum Gasteiger partial charge on any atom is 0.262 e. The highest BCUT2D eigenvalue weighted by atomic mass is 35.5. The average Bonchev–Trinajstić information content (AvgIpc) is 3.02. The van der Waals surface area contributed by atoms with Crippen molar-refractivity contribution in [2.24, 2.45) is 7.05 Å². The van der Waals surface area contributed by atoms with Gasteiger partial charge in [0.15, 0.2) is 10.9 Å². The summed E-state index contributed by atoms with van der Waals surface area (Å²) in [5.41, 5.74) is 1.68. The van der Waals surface area contributed by atoms with E-state index in [0.717, 1.165) is 29.5 Å². The van der Waals surface area contributed by atoms with Gasteiger partial charge in [0.1, 0.15) is 4.83 Å². The smallest absolute Gasteiger partial charge is 0.262 e. The van der Waals surface area contributed by atoms with Crippen LogP contribution in [-0.4, -0.2) is 21.1 Å². The number of Topliss-reactive ketones (excluding diaryl/α,β-unsaturated/α-hetero) is 1. The van der Waals surface area contributed by atoms with Gasteiger partial charge in [-0.1, -0.05) is 35.5 Å². The molecule has 1 aliphatic rings. The average molecular weight is 405 g/mol. The first-order valence-corrected chi connectivity index (χ1v) is 10.7. The Morgan fingerprint density at radius 3 is 2.88 bits per heavy atom. The Morgan fingerprint density at radius 1 is 1.31 bits per heavy atom. The Labute approximate surface area is 164 Å². The number of halogens is 1. The lowest BCUT2D eigenvalue weighted by Gasteiger charge is -2.10. The minimum absolute atomic E-state index is 0.0120. The molecule has 3 aromatic rings. The first-order valence-electron chi connectivity index (χ1n) is 8.48. The number of hydrogen-bond acceptors (Lipinski definition) is 5. The third-order valence-corrected chi connectivity index (χ3v) is 7.21. The van der Waals surface area contributed by atoms with Gasteiger partial charge in [-0.2, -0.15) is 0 Å². The predicted molar refractivity (Wildman–Crippen MR) is 108 cm³/mol. The van der Waals surface area contributed by atoms with E-state index in [-0.39, 0.29) is 17.1 Å². The summed E-state index contributed by atoms with van der Waals surface area (Å²) in [6, 6.07) is 7.01. The molecule has 0 unspecified atom stereocenters. The Hall–Kier alpha value is -1.63. The fraction of sp³-hybridized carbons (Fsp3) is 0.316. The molecule has 0 saturated heterocycles. The number of aryl methyl sites for hydroxylation is 2. The Bertz CT molecular complexity index is 1070.